The Hall–Kier alpha value is -0.610. The molecule has 0 aliphatic rings. The van der Waals surface area contributed by atoms with Crippen molar-refractivity contribution in [1.29, 1.82) is 0 Å². The molecular formula is C6H11O4. The van der Waals surface area contributed by atoms with E-state index < -0.39 is 12.1 Å². The van der Waals surface area contributed by atoms with E-state index in [0.29, 0.717) is 6.42 Å². The van der Waals surface area contributed by atoms with Crippen LogP contribution in [0.3, 0.4) is 0 Å². The summed E-state index contributed by atoms with van der Waals surface area (Å²) in [6, 6.07) is 0. The average molecular weight is 147 g/mol. The van der Waals surface area contributed by atoms with E-state index in [2.05, 4.69) is 0 Å². The van der Waals surface area contributed by atoms with E-state index in [9.17, 15) is 9.90 Å². The second kappa shape index (κ2) is 5.20. The van der Waals surface area contributed by atoms with Crippen molar-refractivity contribution in [3.63, 3.8) is 0 Å². The van der Waals surface area contributed by atoms with Crippen molar-refractivity contribution in [2.75, 3.05) is 6.61 Å². The van der Waals surface area contributed by atoms with Crippen molar-refractivity contribution >= 4 is 5.97 Å². The fourth-order valence-electron chi connectivity index (χ4n) is 0.616. The van der Waals surface area contributed by atoms with Gasteiger partial charge in [-0.15, -0.1) is 0 Å². The van der Waals surface area contributed by atoms with Gasteiger partial charge in [0.15, 0.2) is 0 Å². The average Bonchev–Trinajstić information content (AvgIpc) is 1.82. The Bertz CT molecular complexity index is 102. The quantitative estimate of drug-likeness (QED) is 0.576. The normalized spacial score (nSPS) is 13.0. The summed E-state index contributed by atoms with van der Waals surface area (Å²) < 4.78 is 0. The number of carboxylic acid groups (broad SMARTS) is 1. The van der Waals surface area contributed by atoms with Gasteiger partial charge in [-0.3, -0.25) is 4.79 Å². The third kappa shape index (κ3) is 5.53. The summed E-state index contributed by atoms with van der Waals surface area (Å²) in [4.78, 5) is 9.91. The van der Waals surface area contributed by atoms with Crippen LogP contribution >= 0.6 is 0 Å². The van der Waals surface area contributed by atoms with Gasteiger partial charge in [-0.05, 0) is 12.8 Å². The first kappa shape index (κ1) is 9.39. The highest BCUT2D eigenvalue weighted by Gasteiger charge is 2.09. The number of carboxylic acids is 1. The smallest absolute Gasteiger partial charge is 0.306 e. The number of carbonyl (C=O) groups is 1. The van der Waals surface area contributed by atoms with Crippen LogP contribution in [0.25, 0.3) is 0 Å². The van der Waals surface area contributed by atoms with Gasteiger partial charge in [-0.1, -0.05) is 0 Å². The van der Waals surface area contributed by atoms with Crippen LogP contribution in [-0.4, -0.2) is 28.9 Å². The zero-order valence-electron chi connectivity index (χ0n) is 5.62. The maximum atomic E-state index is 10.6. The molecule has 0 heterocycles. The van der Waals surface area contributed by atoms with E-state index in [1.807, 2.05) is 0 Å². The molecular weight excluding hydrogens is 136 g/mol. The summed E-state index contributed by atoms with van der Waals surface area (Å²) in [5, 5.41) is 27.0. The molecule has 0 fully saturated rings. The van der Waals surface area contributed by atoms with Gasteiger partial charge in [-0.2, -0.15) is 0 Å². The number of hydrogen-bond donors (Lipinski definition) is 2. The number of hydrogen-bond acceptors (Lipinski definition) is 2. The highest BCUT2D eigenvalue weighted by atomic mass is 16.4. The monoisotopic (exact) mass is 147 g/mol. The van der Waals surface area contributed by atoms with Gasteiger partial charge in [-0.25, -0.2) is 5.11 Å². The van der Waals surface area contributed by atoms with Crippen molar-refractivity contribution in [2.45, 2.75) is 25.4 Å². The molecule has 59 valence electrons. The predicted molar refractivity (Wildman–Crippen MR) is 33.0 cm³/mol. The van der Waals surface area contributed by atoms with Crippen LogP contribution < -0.4 is 0 Å². The first-order chi connectivity index (χ1) is 4.66. The third-order valence-corrected chi connectivity index (χ3v) is 1.09. The maximum Gasteiger partial charge on any atom is 0.306 e. The molecule has 0 amide bonds. The summed E-state index contributed by atoms with van der Waals surface area (Å²) in [5.41, 5.74) is 0. The molecule has 4 nitrogen and oxygen atoms in total. The zero-order chi connectivity index (χ0) is 7.98. The van der Waals surface area contributed by atoms with Crippen LogP contribution in [0.4, 0.5) is 0 Å². The number of aliphatic hydroxyl groups excluding tert-OH is 1. The maximum absolute atomic E-state index is 10.6. The molecule has 0 aliphatic heterocycles. The molecule has 0 bridgehead atoms. The van der Waals surface area contributed by atoms with Crippen molar-refractivity contribution in [3.8, 4) is 0 Å². The highest BCUT2D eigenvalue weighted by molar-refractivity contribution is 5.67. The van der Waals surface area contributed by atoms with Gasteiger partial charge >= 0.3 is 5.97 Å². The zero-order valence-corrected chi connectivity index (χ0v) is 5.62. The van der Waals surface area contributed by atoms with Crippen molar-refractivity contribution < 1.29 is 20.1 Å². The Labute approximate surface area is 59.1 Å². The van der Waals surface area contributed by atoms with Gasteiger partial charge in [0.05, 0.1) is 6.42 Å². The van der Waals surface area contributed by atoms with Gasteiger partial charge in [0.25, 0.3) is 0 Å². The van der Waals surface area contributed by atoms with Gasteiger partial charge in [0, 0.05) is 6.61 Å². The molecule has 0 saturated heterocycles. The minimum Gasteiger partial charge on any atom is -0.481 e. The van der Waals surface area contributed by atoms with Crippen LogP contribution in [0.1, 0.15) is 19.3 Å². The first-order valence-electron chi connectivity index (χ1n) is 3.15. The highest BCUT2D eigenvalue weighted by Crippen LogP contribution is 2.01. The minimum absolute atomic E-state index is 0.0433. The Morgan fingerprint density at radius 2 is 2.10 bits per heavy atom. The molecule has 1 atom stereocenters. The first-order valence-corrected chi connectivity index (χ1v) is 3.15. The van der Waals surface area contributed by atoms with Gasteiger partial charge in [0.1, 0.15) is 6.10 Å². The molecule has 0 rings (SSSR count). The van der Waals surface area contributed by atoms with E-state index in [4.69, 9.17) is 10.2 Å². The van der Waals surface area contributed by atoms with Crippen molar-refractivity contribution in [1.82, 2.24) is 0 Å². The summed E-state index contributed by atoms with van der Waals surface area (Å²) in [6.07, 6.45) is -0.783. The summed E-state index contributed by atoms with van der Waals surface area (Å²) in [6.45, 7) is -0.0433. The minimum atomic E-state index is -1.07. The molecule has 0 aromatic carbocycles. The fourth-order valence-corrected chi connectivity index (χ4v) is 0.616. The molecule has 1 radical (unpaired) electrons. The van der Waals surface area contributed by atoms with Crippen LogP contribution in [0.15, 0.2) is 0 Å². The summed E-state index contributed by atoms with van der Waals surface area (Å²) in [5.74, 6) is -1.07. The molecule has 0 aromatic heterocycles. The lowest BCUT2D eigenvalue weighted by Gasteiger charge is -2.01. The molecule has 10 heavy (non-hydrogen) atoms. The second-order valence-corrected chi connectivity index (χ2v) is 2.09. The Balaban J connectivity index is 3.25. The molecule has 1 unspecified atom stereocenters. The molecule has 4 heteroatoms. The molecule has 0 aromatic rings. The van der Waals surface area contributed by atoms with E-state index in [-0.39, 0.29) is 19.4 Å². The Kier molecular flexibility index (Phi) is 4.88. The fraction of sp³-hybridized carbons (Fsp3) is 0.833. The number of aliphatic hydroxyl groups is 1. The number of rotatable bonds is 5. The molecule has 0 aliphatic carbocycles. The lowest BCUT2D eigenvalue weighted by atomic mass is 10.1. The standard InChI is InChI=1S/C6H11O4/c7-3-1-2-5(8)4-6(9)10/h5,7H,1-4H2,(H,9,10). The van der Waals surface area contributed by atoms with E-state index in [1.165, 1.54) is 0 Å². The van der Waals surface area contributed by atoms with Gasteiger partial charge in [0.2, 0.25) is 0 Å². The predicted octanol–water partition coefficient (Wildman–Crippen LogP) is 0.0327. The third-order valence-electron chi connectivity index (χ3n) is 1.09. The van der Waals surface area contributed by atoms with Crippen molar-refractivity contribution in [3.05, 3.63) is 0 Å². The Morgan fingerprint density at radius 1 is 1.50 bits per heavy atom. The van der Waals surface area contributed by atoms with Crippen LogP contribution in [-0.2, 0) is 9.90 Å². The lowest BCUT2D eigenvalue weighted by Crippen LogP contribution is -2.11. The Morgan fingerprint density at radius 3 is 2.50 bits per heavy atom. The SMILES string of the molecule is [O]C(CCCO)CC(=O)O. The van der Waals surface area contributed by atoms with Crippen molar-refractivity contribution in [2.24, 2.45) is 0 Å². The largest absolute Gasteiger partial charge is 0.481 e. The van der Waals surface area contributed by atoms with Crippen LogP contribution in [0, 0.1) is 0 Å². The molecule has 0 spiro atoms. The van der Waals surface area contributed by atoms with E-state index >= 15 is 0 Å². The van der Waals surface area contributed by atoms with Crippen LogP contribution in [0.2, 0.25) is 0 Å². The van der Waals surface area contributed by atoms with Gasteiger partial charge < -0.3 is 10.2 Å². The molecule has 0 saturated carbocycles. The summed E-state index contributed by atoms with van der Waals surface area (Å²) in [7, 11) is 0. The van der Waals surface area contributed by atoms with E-state index in [1.54, 1.807) is 0 Å². The summed E-state index contributed by atoms with van der Waals surface area (Å²) >= 11 is 0. The molecule has 2 N–H and O–H groups in total. The lowest BCUT2D eigenvalue weighted by molar-refractivity contribution is -0.140. The van der Waals surface area contributed by atoms with Crippen LogP contribution in [0.5, 0.6) is 0 Å². The van der Waals surface area contributed by atoms with E-state index in [0.717, 1.165) is 0 Å². The second-order valence-electron chi connectivity index (χ2n) is 2.09. The topological polar surface area (TPSA) is 77.4 Å². The number of aliphatic carboxylic acids is 1.